The van der Waals surface area contributed by atoms with Crippen LogP contribution in [0.2, 0.25) is 0 Å². The summed E-state index contributed by atoms with van der Waals surface area (Å²) in [6.45, 7) is 1.39. The van der Waals surface area contributed by atoms with E-state index in [2.05, 4.69) is 0 Å². The van der Waals surface area contributed by atoms with E-state index < -0.39 is 5.97 Å². The molecule has 1 N–H and O–H groups in total. The second-order valence-electron chi connectivity index (χ2n) is 2.83. The lowest BCUT2D eigenvalue weighted by atomic mass is 10.1. The first-order chi connectivity index (χ1) is 7.06. The molecule has 1 aromatic rings. The van der Waals surface area contributed by atoms with Crippen LogP contribution in [-0.4, -0.2) is 21.5 Å². The van der Waals surface area contributed by atoms with Crippen LogP contribution in [0.25, 0.3) is 0 Å². The number of ketones is 1. The lowest BCUT2D eigenvalue weighted by molar-refractivity contribution is 0.0587. The molecule has 0 heterocycles. The Morgan fingerprint density at radius 2 is 2.13 bits per heavy atom. The van der Waals surface area contributed by atoms with E-state index in [0.717, 1.165) is 0 Å². The van der Waals surface area contributed by atoms with Crippen LogP contribution in [0, 0.1) is 0 Å². The van der Waals surface area contributed by atoms with E-state index >= 15 is 0 Å². The molecule has 0 atom stereocenters. The Morgan fingerprint density at radius 3 is 2.67 bits per heavy atom. The van der Waals surface area contributed by atoms with Gasteiger partial charge in [-0.1, -0.05) is 0 Å². The molecule has 1 rings (SSSR count). The zero-order chi connectivity index (χ0) is 11.4. The Bertz CT molecular complexity index is 400. The summed E-state index contributed by atoms with van der Waals surface area (Å²) in [6, 6.07) is 4.09. The molecule has 0 saturated carbocycles. The summed E-state index contributed by atoms with van der Waals surface area (Å²) in [5.41, 5.74) is 0.382. The third-order valence-corrected chi connectivity index (χ3v) is 2.12. The highest BCUT2D eigenvalue weighted by atomic mass is 127. The fourth-order valence-corrected chi connectivity index (χ4v) is 1.33. The zero-order valence-electron chi connectivity index (χ0n) is 7.99. The third kappa shape index (κ3) is 2.92. The molecule has 0 saturated heterocycles. The largest absolute Gasteiger partial charge is 0.507 e. The van der Waals surface area contributed by atoms with Gasteiger partial charge in [-0.05, 0) is 47.7 Å². The minimum Gasteiger partial charge on any atom is -0.507 e. The van der Waals surface area contributed by atoms with Gasteiger partial charge in [0.05, 0.1) is 0 Å². The van der Waals surface area contributed by atoms with Crippen LogP contribution >= 0.6 is 22.6 Å². The second kappa shape index (κ2) is 5.11. The molecule has 15 heavy (non-hydrogen) atoms. The average molecular weight is 320 g/mol. The maximum Gasteiger partial charge on any atom is 0.342 e. The molecular formula is C10H9IO4. The van der Waals surface area contributed by atoms with Gasteiger partial charge in [0.1, 0.15) is 15.9 Å². The van der Waals surface area contributed by atoms with Crippen LogP contribution in [0.5, 0.6) is 5.75 Å². The molecule has 0 unspecified atom stereocenters. The van der Waals surface area contributed by atoms with E-state index in [9.17, 15) is 14.7 Å². The summed E-state index contributed by atoms with van der Waals surface area (Å²) in [6.07, 6.45) is 0. The number of carbonyl (C=O) groups is 2. The molecule has 80 valence electrons. The Labute approximate surface area is 100 Å². The first-order valence-electron chi connectivity index (χ1n) is 4.13. The molecule has 0 amide bonds. The first-order valence-corrected chi connectivity index (χ1v) is 5.66. The van der Waals surface area contributed by atoms with E-state index in [1.165, 1.54) is 25.1 Å². The van der Waals surface area contributed by atoms with Crippen LogP contribution in [0.15, 0.2) is 18.2 Å². The van der Waals surface area contributed by atoms with Crippen molar-refractivity contribution in [3.05, 3.63) is 29.3 Å². The molecule has 0 aliphatic carbocycles. The number of alkyl halides is 1. The molecule has 5 heteroatoms. The quantitative estimate of drug-likeness (QED) is 0.401. The maximum atomic E-state index is 11.3. The van der Waals surface area contributed by atoms with Gasteiger partial charge in [0.25, 0.3) is 0 Å². The number of hydrogen-bond acceptors (Lipinski definition) is 4. The zero-order valence-corrected chi connectivity index (χ0v) is 10.1. The molecule has 0 aromatic heterocycles. The summed E-state index contributed by atoms with van der Waals surface area (Å²) in [5, 5.41) is 9.40. The number of rotatable bonds is 3. The lowest BCUT2D eigenvalue weighted by Crippen LogP contribution is -2.05. The SMILES string of the molecule is CC(=O)c1ccc(O)c(C(=O)OCI)c1. The average Bonchev–Trinajstić information content (AvgIpc) is 2.18. The van der Waals surface area contributed by atoms with Gasteiger partial charge in [-0.2, -0.15) is 0 Å². The highest BCUT2D eigenvalue weighted by Gasteiger charge is 2.14. The predicted octanol–water partition coefficient (Wildman–Crippen LogP) is 2.14. The number of hydrogen-bond donors (Lipinski definition) is 1. The Balaban J connectivity index is 3.10. The number of aromatic hydroxyl groups is 1. The predicted molar refractivity (Wildman–Crippen MR) is 62.4 cm³/mol. The van der Waals surface area contributed by atoms with Gasteiger partial charge in [-0.3, -0.25) is 4.79 Å². The van der Waals surface area contributed by atoms with Crippen molar-refractivity contribution >= 4 is 34.3 Å². The Morgan fingerprint density at radius 1 is 1.47 bits per heavy atom. The van der Waals surface area contributed by atoms with E-state index in [1.54, 1.807) is 0 Å². The van der Waals surface area contributed by atoms with Crippen molar-refractivity contribution in [2.45, 2.75) is 6.92 Å². The fourth-order valence-electron chi connectivity index (χ4n) is 1.05. The molecular weight excluding hydrogens is 311 g/mol. The number of ether oxygens (including phenoxy) is 1. The number of halogens is 1. The monoisotopic (exact) mass is 320 g/mol. The van der Waals surface area contributed by atoms with Crippen LogP contribution < -0.4 is 0 Å². The third-order valence-electron chi connectivity index (χ3n) is 1.81. The van der Waals surface area contributed by atoms with Gasteiger partial charge in [0.2, 0.25) is 0 Å². The number of Topliss-reactive ketones (excluding diaryl/α,β-unsaturated/α-hetero) is 1. The first kappa shape index (κ1) is 12.0. The summed E-state index contributed by atoms with van der Waals surface area (Å²) >= 11 is 1.87. The standard InChI is InChI=1S/C10H9IO4/c1-6(12)7-2-3-9(13)8(4-7)10(14)15-5-11/h2-4,13H,5H2,1H3. The number of phenolic OH excluding ortho intramolecular Hbond substituents is 1. The summed E-state index contributed by atoms with van der Waals surface area (Å²) < 4.78 is 4.91. The number of esters is 1. The highest BCUT2D eigenvalue weighted by Crippen LogP contribution is 2.20. The summed E-state index contributed by atoms with van der Waals surface area (Å²) in [7, 11) is 0. The molecule has 0 aliphatic rings. The number of benzene rings is 1. The minimum absolute atomic E-state index is 0.0133. The second-order valence-corrected chi connectivity index (χ2v) is 3.45. The van der Waals surface area contributed by atoms with Gasteiger partial charge < -0.3 is 9.84 Å². The van der Waals surface area contributed by atoms with E-state index in [0.29, 0.717) is 5.56 Å². The Kier molecular flexibility index (Phi) is 4.07. The van der Waals surface area contributed by atoms with Crippen molar-refractivity contribution in [1.82, 2.24) is 0 Å². The summed E-state index contributed by atoms with van der Waals surface area (Å²) in [5.74, 6) is -0.988. The minimum atomic E-state index is -0.634. The van der Waals surface area contributed by atoms with Crippen LogP contribution in [0.4, 0.5) is 0 Å². The summed E-state index contributed by atoms with van der Waals surface area (Å²) in [4.78, 5) is 22.4. The van der Waals surface area contributed by atoms with Gasteiger partial charge >= 0.3 is 5.97 Å². The smallest absolute Gasteiger partial charge is 0.342 e. The maximum absolute atomic E-state index is 11.3. The van der Waals surface area contributed by atoms with Crippen molar-refractivity contribution in [1.29, 1.82) is 0 Å². The van der Waals surface area contributed by atoms with E-state index in [4.69, 9.17) is 4.74 Å². The number of carbonyl (C=O) groups excluding carboxylic acids is 2. The van der Waals surface area contributed by atoms with Crippen molar-refractivity contribution < 1.29 is 19.4 Å². The van der Waals surface area contributed by atoms with E-state index in [1.807, 2.05) is 22.6 Å². The van der Waals surface area contributed by atoms with Crippen molar-refractivity contribution in [3.63, 3.8) is 0 Å². The van der Waals surface area contributed by atoms with Crippen molar-refractivity contribution in [2.24, 2.45) is 0 Å². The van der Waals surface area contributed by atoms with Gasteiger partial charge in [-0.25, -0.2) is 4.79 Å². The fraction of sp³-hybridized carbons (Fsp3) is 0.200. The van der Waals surface area contributed by atoms with E-state index in [-0.39, 0.29) is 21.7 Å². The molecule has 0 spiro atoms. The van der Waals surface area contributed by atoms with Crippen LogP contribution in [0.3, 0.4) is 0 Å². The number of phenols is 1. The van der Waals surface area contributed by atoms with Gasteiger partial charge in [-0.15, -0.1) is 0 Å². The normalized spacial score (nSPS) is 9.73. The van der Waals surface area contributed by atoms with Gasteiger partial charge in [0, 0.05) is 5.56 Å². The molecule has 0 radical (unpaired) electrons. The molecule has 0 fully saturated rings. The molecule has 0 aliphatic heterocycles. The van der Waals surface area contributed by atoms with Gasteiger partial charge in [0.15, 0.2) is 5.78 Å². The topological polar surface area (TPSA) is 63.6 Å². The van der Waals surface area contributed by atoms with Crippen LogP contribution in [-0.2, 0) is 4.74 Å². The van der Waals surface area contributed by atoms with Crippen molar-refractivity contribution in [3.8, 4) is 5.75 Å². The highest BCUT2D eigenvalue weighted by molar-refractivity contribution is 14.1. The Hall–Kier alpha value is -1.11. The van der Waals surface area contributed by atoms with Crippen LogP contribution in [0.1, 0.15) is 27.6 Å². The molecule has 4 nitrogen and oxygen atoms in total. The molecule has 0 bridgehead atoms. The lowest BCUT2D eigenvalue weighted by Gasteiger charge is -2.04. The molecule has 1 aromatic carbocycles. The van der Waals surface area contributed by atoms with Crippen molar-refractivity contribution in [2.75, 3.05) is 4.61 Å².